The predicted molar refractivity (Wildman–Crippen MR) is 114 cm³/mol. The van der Waals surface area contributed by atoms with Gasteiger partial charge in [0, 0.05) is 24.8 Å². The van der Waals surface area contributed by atoms with Gasteiger partial charge in [-0.3, -0.25) is 4.79 Å². The molecule has 6 heteroatoms. The van der Waals surface area contributed by atoms with Crippen molar-refractivity contribution in [2.45, 2.75) is 13.0 Å². The molecule has 0 unspecified atom stereocenters. The number of carbonyl (C=O) groups is 1. The zero-order valence-electron chi connectivity index (χ0n) is 16.6. The second-order valence-electron chi connectivity index (χ2n) is 6.42. The third-order valence-corrected chi connectivity index (χ3v) is 4.55. The summed E-state index contributed by atoms with van der Waals surface area (Å²) in [7, 11) is 3.30. The van der Waals surface area contributed by atoms with E-state index in [1.807, 2.05) is 48.5 Å². The van der Waals surface area contributed by atoms with Gasteiger partial charge in [0.05, 0.1) is 19.8 Å². The Balaban J connectivity index is 1.51. The fourth-order valence-corrected chi connectivity index (χ4v) is 2.99. The quantitative estimate of drug-likeness (QED) is 0.582. The number of benzene rings is 2. The second-order valence-corrected chi connectivity index (χ2v) is 6.42. The summed E-state index contributed by atoms with van der Waals surface area (Å²) in [6, 6.07) is 19.2. The Labute approximate surface area is 170 Å². The monoisotopic (exact) mass is 391 g/mol. The molecule has 0 aliphatic rings. The highest BCUT2D eigenvalue weighted by Gasteiger charge is 2.08. The summed E-state index contributed by atoms with van der Waals surface area (Å²) in [5.74, 6) is 2.20. The molecule has 1 aromatic heterocycles. The van der Waals surface area contributed by atoms with Gasteiger partial charge >= 0.3 is 0 Å². The predicted octanol–water partition coefficient (Wildman–Crippen LogP) is 3.68. The molecule has 2 N–H and O–H groups in total. The van der Waals surface area contributed by atoms with Crippen LogP contribution in [0.5, 0.6) is 11.5 Å². The molecule has 0 saturated heterocycles. The van der Waals surface area contributed by atoms with Crippen molar-refractivity contribution in [2.75, 3.05) is 26.1 Å². The average molecular weight is 391 g/mol. The SMILES string of the molecule is COc1ccccc1CCNC(=O)c1ccc(NCc2ccccc2OC)nc1. The number of carbonyl (C=O) groups excluding carboxylic acids is 1. The first-order chi connectivity index (χ1) is 14.2. The first kappa shape index (κ1) is 20.2. The van der Waals surface area contributed by atoms with Crippen LogP contribution in [0.3, 0.4) is 0 Å². The van der Waals surface area contributed by atoms with Crippen LogP contribution >= 0.6 is 0 Å². The number of amides is 1. The summed E-state index contributed by atoms with van der Waals surface area (Å²) in [6.07, 6.45) is 2.27. The molecule has 0 radical (unpaired) electrons. The van der Waals surface area contributed by atoms with Gasteiger partial charge < -0.3 is 20.1 Å². The van der Waals surface area contributed by atoms with Gasteiger partial charge in [-0.15, -0.1) is 0 Å². The number of aromatic nitrogens is 1. The molecule has 0 fully saturated rings. The van der Waals surface area contributed by atoms with Gasteiger partial charge in [-0.1, -0.05) is 36.4 Å². The van der Waals surface area contributed by atoms with Crippen molar-refractivity contribution in [1.29, 1.82) is 0 Å². The zero-order valence-corrected chi connectivity index (χ0v) is 16.6. The molecule has 150 valence electrons. The second kappa shape index (κ2) is 10.1. The molecule has 0 bridgehead atoms. The Hall–Kier alpha value is -3.54. The summed E-state index contributed by atoms with van der Waals surface area (Å²) in [6.45, 7) is 1.11. The van der Waals surface area contributed by atoms with Gasteiger partial charge in [0.1, 0.15) is 17.3 Å². The van der Waals surface area contributed by atoms with E-state index in [-0.39, 0.29) is 5.91 Å². The van der Waals surface area contributed by atoms with Crippen molar-refractivity contribution in [2.24, 2.45) is 0 Å². The number of nitrogens with zero attached hydrogens (tertiary/aromatic N) is 1. The molecule has 6 nitrogen and oxygen atoms in total. The van der Waals surface area contributed by atoms with Crippen molar-refractivity contribution in [3.63, 3.8) is 0 Å². The van der Waals surface area contributed by atoms with E-state index in [1.54, 1.807) is 32.5 Å². The number of hydrogen-bond acceptors (Lipinski definition) is 5. The highest BCUT2D eigenvalue weighted by molar-refractivity contribution is 5.94. The standard InChI is InChI=1S/C23H25N3O3/c1-28-20-9-5-3-7-17(20)13-14-24-23(27)19-11-12-22(26-16-19)25-15-18-8-4-6-10-21(18)29-2/h3-12,16H,13-15H2,1-2H3,(H,24,27)(H,25,26). The highest BCUT2D eigenvalue weighted by Crippen LogP contribution is 2.19. The summed E-state index contributed by atoms with van der Waals surface area (Å²) in [5, 5.41) is 6.16. The molecular formula is C23H25N3O3. The van der Waals surface area contributed by atoms with Crippen molar-refractivity contribution in [3.8, 4) is 11.5 Å². The smallest absolute Gasteiger partial charge is 0.252 e. The van der Waals surface area contributed by atoms with Crippen LogP contribution in [0.1, 0.15) is 21.5 Å². The largest absolute Gasteiger partial charge is 0.496 e. The van der Waals surface area contributed by atoms with E-state index in [0.29, 0.717) is 30.9 Å². The van der Waals surface area contributed by atoms with Gasteiger partial charge in [-0.2, -0.15) is 0 Å². The van der Waals surface area contributed by atoms with E-state index >= 15 is 0 Å². The van der Waals surface area contributed by atoms with E-state index in [2.05, 4.69) is 15.6 Å². The topological polar surface area (TPSA) is 72.5 Å². The molecule has 3 rings (SSSR count). The number of rotatable bonds is 9. The lowest BCUT2D eigenvalue weighted by Crippen LogP contribution is -2.25. The zero-order chi connectivity index (χ0) is 20.5. The van der Waals surface area contributed by atoms with Crippen LogP contribution in [0.25, 0.3) is 0 Å². The number of methoxy groups -OCH3 is 2. The van der Waals surface area contributed by atoms with Crippen LogP contribution in [0, 0.1) is 0 Å². The van der Waals surface area contributed by atoms with Gasteiger partial charge in [-0.25, -0.2) is 4.98 Å². The Morgan fingerprint density at radius 3 is 2.21 bits per heavy atom. The highest BCUT2D eigenvalue weighted by atomic mass is 16.5. The van der Waals surface area contributed by atoms with Gasteiger partial charge in [0.2, 0.25) is 0 Å². The summed E-state index contributed by atoms with van der Waals surface area (Å²) in [4.78, 5) is 16.7. The molecular weight excluding hydrogens is 366 g/mol. The maximum Gasteiger partial charge on any atom is 0.252 e. The molecule has 0 aliphatic heterocycles. The van der Waals surface area contributed by atoms with Crippen molar-refractivity contribution in [3.05, 3.63) is 83.6 Å². The summed E-state index contributed by atoms with van der Waals surface area (Å²) >= 11 is 0. The minimum absolute atomic E-state index is 0.149. The molecule has 1 heterocycles. The van der Waals surface area contributed by atoms with E-state index in [1.165, 1.54) is 0 Å². The number of nitrogens with one attached hydrogen (secondary N) is 2. The molecule has 0 saturated carbocycles. The lowest BCUT2D eigenvalue weighted by atomic mass is 10.1. The van der Waals surface area contributed by atoms with Crippen LogP contribution in [-0.2, 0) is 13.0 Å². The third kappa shape index (κ3) is 5.48. The Morgan fingerprint density at radius 2 is 1.55 bits per heavy atom. The van der Waals surface area contributed by atoms with Crippen LogP contribution in [0.2, 0.25) is 0 Å². The molecule has 0 aliphatic carbocycles. The van der Waals surface area contributed by atoms with Gasteiger partial charge in [-0.05, 0) is 36.2 Å². The van der Waals surface area contributed by atoms with Gasteiger partial charge in [0.15, 0.2) is 0 Å². The van der Waals surface area contributed by atoms with E-state index in [4.69, 9.17) is 9.47 Å². The summed E-state index contributed by atoms with van der Waals surface area (Å²) in [5.41, 5.74) is 2.62. The lowest BCUT2D eigenvalue weighted by molar-refractivity contribution is 0.0953. The van der Waals surface area contributed by atoms with Crippen LogP contribution in [-0.4, -0.2) is 31.7 Å². The minimum Gasteiger partial charge on any atom is -0.496 e. The average Bonchev–Trinajstić information content (AvgIpc) is 2.78. The van der Waals surface area contributed by atoms with E-state index in [9.17, 15) is 4.79 Å². The number of para-hydroxylation sites is 2. The first-order valence-electron chi connectivity index (χ1n) is 9.43. The Bertz CT molecular complexity index is 942. The van der Waals surface area contributed by atoms with Crippen molar-refractivity contribution >= 4 is 11.7 Å². The molecule has 29 heavy (non-hydrogen) atoms. The fraction of sp³-hybridized carbons (Fsp3) is 0.217. The maximum absolute atomic E-state index is 12.3. The molecule has 1 amide bonds. The van der Waals surface area contributed by atoms with Crippen molar-refractivity contribution in [1.82, 2.24) is 10.3 Å². The number of hydrogen-bond donors (Lipinski definition) is 2. The maximum atomic E-state index is 12.3. The number of anilines is 1. The Morgan fingerprint density at radius 1 is 0.897 bits per heavy atom. The molecule has 3 aromatic rings. The van der Waals surface area contributed by atoms with E-state index < -0.39 is 0 Å². The molecule has 0 atom stereocenters. The normalized spacial score (nSPS) is 10.3. The van der Waals surface area contributed by atoms with E-state index in [0.717, 1.165) is 22.6 Å². The lowest BCUT2D eigenvalue weighted by Gasteiger charge is -2.11. The molecule has 0 spiro atoms. The fourth-order valence-electron chi connectivity index (χ4n) is 2.99. The summed E-state index contributed by atoms with van der Waals surface area (Å²) < 4.78 is 10.7. The van der Waals surface area contributed by atoms with Crippen LogP contribution in [0.4, 0.5) is 5.82 Å². The molecule has 2 aromatic carbocycles. The van der Waals surface area contributed by atoms with Crippen molar-refractivity contribution < 1.29 is 14.3 Å². The first-order valence-corrected chi connectivity index (χ1v) is 9.43. The number of pyridine rings is 1. The van der Waals surface area contributed by atoms with Crippen LogP contribution in [0.15, 0.2) is 66.9 Å². The third-order valence-electron chi connectivity index (χ3n) is 4.55. The minimum atomic E-state index is -0.149. The number of ether oxygens (including phenoxy) is 2. The Kier molecular flexibility index (Phi) is 7.05. The van der Waals surface area contributed by atoms with Crippen LogP contribution < -0.4 is 20.1 Å². The van der Waals surface area contributed by atoms with Gasteiger partial charge in [0.25, 0.3) is 5.91 Å².